The first kappa shape index (κ1) is 23.8. The smallest absolute Gasteiger partial charge is 0.319 e. The summed E-state index contributed by atoms with van der Waals surface area (Å²) in [5.41, 5.74) is 2.98. The Morgan fingerprint density at radius 3 is 2.23 bits per heavy atom. The van der Waals surface area contributed by atoms with E-state index >= 15 is 0 Å². The van der Waals surface area contributed by atoms with Crippen LogP contribution in [0.2, 0.25) is 5.02 Å². The lowest BCUT2D eigenvalue weighted by atomic mass is 9.94. The topological polar surface area (TPSA) is 125 Å². The molecule has 1 aliphatic rings. The fourth-order valence-electron chi connectivity index (χ4n) is 3.54. The molecule has 2 amide bonds. The fourth-order valence-corrected chi connectivity index (χ4v) is 3.67. The van der Waals surface area contributed by atoms with Crippen molar-refractivity contribution in [2.75, 3.05) is 5.32 Å². The predicted octanol–water partition coefficient (Wildman–Crippen LogP) is 4.36. The third-order valence-electron chi connectivity index (χ3n) is 5.51. The number of benzene rings is 3. The van der Waals surface area contributed by atoms with E-state index in [1.807, 2.05) is 12.1 Å². The molecule has 0 bridgehead atoms. The Labute approximate surface area is 205 Å². The van der Waals surface area contributed by atoms with Crippen LogP contribution in [-0.4, -0.2) is 40.9 Å². The Kier molecular flexibility index (Phi) is 6.75. The van der Waals surface area contributed by atoms with E-state index in [1.54, 1.807) is 42.5 Å². The first-order valence-electron chi connectivity index (χ1n) is 10.7. The number of rotatable bonds is 6. The minimum atomic E-state index is -1.36. The van der Waals surface area contributed by atoms with Crippen LogP contribution in [0.25, 0.3) is 11.1 Å². The Balaban J connectivity index is 1.39. The van der Waals surface area contributed by atoms with Gasteiger partial charge >= 0.3 is 5.97 Å². The van der Waals surface area contributed by atoms with Gasteiger partial charge in [0.05, 0.1) is 5.69 Å². The summed E-state index contributed by atoms with van der Waals surface area (Å²) in [6.07, 6.45) is 1.09. The second-order valence-electron chi connectivity index (χ2n) is 7.96. The average molecular weight is 490 g/mol. The maximum Gasteiger partial charge on any atom is 0.319 e. The molecule has 35 heavy (non-hydrogen) atoms. The first-order chi connectivity index (χ1) is 16.7. The van der Waals surface area contributed by atoms with Gasteiger partial charge in [0.2, 0.25) is 5.91 Å². The molecule has 0 fully saturated rings. The molecule has 2 atom stereocenters. The van der Waals surface area contributed by atoms with E-state index in [-0.39, 0.29) is 11.3 Å². The van der Waals surface area contributed by atoms with Gasteiger partial charge in [-0.25, -0.2) is 0 Å². The summed E-state index contributed by atoms with van der Waals surface area (Å²) < 4.78 is 0. The molecular formula is C26H20ClN3O5. The highest BCUT2D eigenvalue weighted by atomic mass is 35.5. The maximum atomic E-state index is 12.6. The number of ketones is 1. The highest BCUT2D eigenvalue weighted by Gasteiger charge is 2.30. The number of carboxylic acid groups (broad SMARTS) is 1. The lowest BCUT2D eigenvalue weighted by Crippen LogP contribution is -2.41. The maximum absolute atomic E-state index is 12.6. The van der Waals surface area contributed by atoms with Gasteiger partial charge in [-0.2, -0.15) is 0 Å². The molecule has 4 rings (SSSR count). The Hall–Kier alpha value is -4.30. The molecule has 3 N–H and O–H groups in total. The van der Waals surface area contributed by atoms with Crippen LogP contribution in [0.3, 0.4) is 0 Å². The number of anilines is 1. The normalized spacial score (nSPS) is 15.1. The summed E-state index contributed by atoms with van der Waals surface area (Å²) in [6, 6.07) is 17.8. The van der Waals surface area contributed by atoms with Crippen LogP contribution < -0.4 is 10.6 Å². The van der Waals surface area contributed by atoms with Gasteiger partial charge < -0.3 is 15.7 Å². The van der Waals surface area contributed by atoms with Crippen LogP contribution >= 0.6 is 11.6 Å². The SMILES string of the molecule is C[C@H](NC(=O)c1ccc(-c2ccc(Cl)cc2)cc1)C(=O)Nc1ccc2c(c1)C(=O)C(C(=O)O)C=N2. The molecule has 0 spiro atoms. The summed E-state index contributed by atoms with van der Waals surface area (Å²) in [7, 11) is 0. The third-order valence-corrected chi connectivity index (χ3v) is 5.76. The Morgan fingerprint density at radius 1 is 0.971 bits per heavy atom. The van der Waals surface area contributed by atoms with Crippen molar-refractivity contribution in [1.29, 1.82) is 0 Å². The molecule has 3 aromatic rings. The van der Waals surface area contributed by atoms with Crippen molar-refractivity contribution < 1.29 is 24.3 Å². The molecule has 0 saturated heterocycles. The fraction of sp³-hybridized carbons (Fsp3) is 0.115. The Morgan fingerprint density at radius 2 is 1.60 bits per heavy atom. The Bertz CT molecular complexity index is 1350. The van der Waals surface area contributed by atoms with Crippen molar-refractivity contribution >= 4 is 52.8 Å². The number of nitrogens with one attached hydrogen (secondary N) is 2. The molecule has 1 aliphatic heterocycles. The summed E-state index contributed by atoms with van der Waals surface area (Å²) in [5.74, 6) is -4.19. The van der Waals surface area contributed by atoms with Gasteiger partial charge in [-0.3, -0.25) is 24.2 Å². The van der Waals surface area contributed by atoms with Crippen LogP contribution in [0.15, 0.2) is 71.7 Å². The van der Waals surface area contributed by atoms with Crippen molar-refractivity contribution in [1.82, 2.24) is 5.32 Å². The van der Waals surface area contributed by atoms with Crippen molar-refractivity contribution in [2.24, 2.45) is 10.9 Å². The number of aliphatic carboxylic acids is 1. The number of carbonyl (C=O) groups excluding carboxylic acids is 3. The average Bonchev–Trinajstić information content (AvgIpc) is 2.85. The number of Topliss-reactive ketones (excluding diaryl/α,β-unsaturated/α-hetero) is 1. The minimum Gasteiger partial charge on any atom is -0.480 e. The third kappa shape index (κ3) is 5.28. The largest absolute Gasteiger partial charge is 0.480 e. The van der Waals surface area contributed by atoms with Gasteiger partial charge in [0.1, 0.15) is 6.04 Å². The number of carboxylic acids is 1. The lowest BCUT2D eigenvalue weighted by Gasteiger charge is -2.17. The number of halogens is 1. The number of carbonyl (C=O) groups is 4. The van der Waals surface area contributed by atoms with E-state index in [0.29, 0.717) is 16.3 Å². The molecule has 0 radical (unpaired) electrons. The van der Waals surface area contributed by atoms with E-state index in [0.717, 1.165) is 17.3 Å². The molecule has 3 aromatic carbocycles. The second kappa shape index (κ2) is 9.90. The number of amides is 2. The molecule has 0 aromatic heterocycles. The highest BCUT2D eigenvalue weighted by molar-refractivity contribution is 6.30. The van der Waals surface area contributed by atoms with Crippen LogP contribution in [0.1, 0.15) is 27.6 Å². The summed E-state index contributed by atoms with van der Waals surface area (Å²) in [6.45, 7) is 1.53. The number of fused-ring (bicyclic) bond motifs is 1. The van der Waals surface area contributed by atoms with Gasteiger partial charge in [0.25, 0.3) is 5.91 Å². The van der Waals surface area contributed by atoms with Crippen LogP contribution in [0, 0.1) is 5.92 Å². The molecule has 1 unspecified atom stereocenters. The molecule has 1 heterocycles. The zero-order chi connectivity index (χ0) is 25.1. The number of hydrogen-bond acceptors (Lipinski definition) is 5. The van der Waals surface area contributed by atoms with Gasteiger partial charge in [0, 0.05) is 28.1 Å². The molecule has 0 aliphatic carbocycles. The number of hydrogen-bond donors (Lipinski definition) is 3. The second-order valence-corrected chi connectivity index (χ2v) is 8.40. The van der Waals surface area contributed by atoms with Gasteiger partial charge in [-0.05, 0) is 60.5 Å². The van der Waals surface area contributed by atoms with Crippen molar-refractivity contribution in [3.63, 3.8) is 0 Å². The van der Waals surface area contributed by atoms with Crippen molar-refractivity contribution in [3.8, 4) is 11.1 Å². The van der Waals surface area contributed by atoms with Crippen LogP contribution in [0.4, 0.5) is 11.4 Å². The standard InChI is InChI=1S/C26H20ClN3O5/c1-14(29-25(33)17-4-2-15(3-5-17)16-6-8-18(27)9-7-16)24(32)30-19-10-11-22-20(12-19)23(31)21(13-28-22)26(34)35/h2-14,21H,1H3,(H,29,33)(H,30,32)(H,34,35)/t14-,21?/m0/s1. The van der Waals surface area contributed by atoms with E-state index in [1.165, 1.54) is 19.1 Å². The van der Waals surface area contributed by atoms with E-state index in [2.05, 4.69) is 15.6 Å². The van der Waals surface area contributed by atoms with Gasteiger partial charge in [-0.15, -0.1) is 0 Å². The zero-order valence-corrected chi connectivity index (χ0v) is 19.2. The molecular weight excluding hydrogens is 470 g/mol. The van der Waals surface area contributed by atoms with E-state index in [4.69, 9.17) is 16.7 Å². The molecule has 9 heteroatoms. The molecule has 8 nitrogen and oxygen atoms in total. The summed E-state index contributed by atoms with van der Waals surface area (Å²) in [4.78, 5) is 52.9. The van der Waals surface area contributed by atoms with Gasteiger partial charge in [0.15, 0.2) is 11.7 Å². The van der Waals surface area contributed by atoms with E-state index in [9.17, 15) is 19.2 Å². The van der Waals surface area contributed by atoms with Crippen LogP contribution in [0.5, 0.6) is 0 Å². The van der Waals surface area contributed by atoms with Crippen LogP contribution in [-0.2, 0) is 9.59 Å². The van der Waals surface area contributed by atoms with E-state index < -0.39 is 35.5 Å². The summed E-state index contributed by atoms with van der Waals surface area (Å²) in [5, 5.41) is 15.1. The minimum absolute atomic E-state index is 0.107. The quantitative estimate of drug-likeness (QED) is 0.443. The molecule has 176 valence electrons. The number of nitrogens with zero attached hydrogens (tertiary/aromatic N) is 1. The van der Waals surface area contributed by atoms with Crippen molar-refractivity contribution in [3.05, 3.63) is 82.9 Å². The van der Waals surface area contributed by atoms with Crippen molar-refractivity contribution in [2.45, 2.75) is 13.0 Å². The van der Waals surface area contributed by atoms with Gasteiger partial charge in [-0.1, -0.05) is 35.9 Å². The lowest BCUT2D eigenvalue weighted by molar-refractivity contribution is -0.137. The number of aliphatic imine (C=N–C) groups is 1. The first-order valence-corrected chi connectivity index (χ1v) is 11.0. The monoisotopic (exact) mass is 489 g/mol. The molecule has 0 saturated carbocycles. The highest BCUT2D eigenvalue weighted by Crippen LogP contribution is 2.29. The predicted molar refractivity (Wildman–Crippen MR) is 132 cm³/mol. The summed E-state index contributed by atoms with van der Waals surface area (Å²) >= 11 is 5.92. The zero-order valence-electron chi connectivity index (χ0n) is 18.5.